The Morgan fingerprint density at radius 3 is 2.35 bits per heavy atom. The van der Waals surface area contributed by atoms with Crippen LogP contribution in [0.15, 0.2) is 0 Å². The van der Waals surface area contributed by atoms with E-state index in [-0.39, 0.29) is 0 Å². The van der Waals surface area contributed by atoms with Crippen LogP contribution in [-0.4, -0.2) is 37.6 Å². The van der Waals surface area contributed by atoms with E-state index in [1.165, 1.54) is 19.3 Å². The predicted octanol–water partition coefficient (Wildman–Crippen LogP) is 2.99. The van der Waals surface area contributed by atoms with Gasteiger partial charge in [-0.15, -0.1) is 0 Å². The van der Waals surface area contributed by atoms with Crippen molar-refractivity contribution in [3.8, 4) is 0 Å². The quantitative estimate of drug-likeness (QED) is 0.795. The van der Waals surface area contributed by atoms with Gasteiger partial charge in [0.25, 0.3) is 0 Å². The van der Waals surface area contributed by atoms with Crippen molar-refractivity contribution in [3.05, 3.63) is 0 Å². The van der Waals surface area contributed by atoms with Crippen molar-refractivity contribution in [2.24, 2.45) is 17.8 Å². The number of rotatable bonds is 5. The van der Waals surface area contributed by atoms with Crippen molar-refractivity contribution in [3.63, 3.8) is 0 Å². The van der Waals surface area contributed by atoms with Gasteiger partial charge < -0.3 is 10.2 Å². The lowest BCUT2D eigenvalue weighted by atomic mass is 9.77. The molecule has 1 aliphatic carbocycles. The van der Waals surface area contributed by atoms with Gasteiger partial charge in [0.2, 0.25) is 0 Å². The number of hydrogen-bond acceptors (Lipinski definition) is 2. The van der Waals surface area contributed by atoms with Gasteiger partial charge in [-0.25, -0.2) is 0 Å². The maximum absolute atomic E-state index is 3.93. The number of nitrogens with one attached hydrogen (secondary N) is 1. The second kappa shape index (κ2) is 6.75. The lowest BCUT2D eigenvalue weighted by Crippen LogP contribution is -2.51. The number of nitrogens with zero attached hydrogens (tertiary/aromatic N) is 1. The first-order chi connectivity index (χ1) is 7.91. The Morgan fingerprint density at radius 2 is 1.82 bits per heavy atom. The van der Waals surface area contributed by atoms with E-state index in [2.05, 4.69) is 52.0 Å². The summed E-state index contributed by atoms with van der Waals surface area (Å²) in [6.45, 7) is 10.6. The fourth-order valence-corrected chi connectivity index (χ4v) is 2.94. The van der Waals surface area contributed by atoms with Crippen molar-refractivity contribution in [2.75, 3.05) is 20.6 Å². The Hall–Kier alpha value is -0.0800. The van der Waals surface area contributed by atoms with Gasteiger partial charge in [-0.1, -0.05) is 40.5 Å². The van der Waals surface area contributed by atoms with Crippen LogP contribution in [-0.2, 0) is 0 Å². The van der Waals surface area contributed by atoms with Crippen molar-refractivity contribution in [1.29, 1.82) is 0 Å². The third-order valence-electron chi connectivity index (χ3n) is 4.50. The van der Waals surface area contributed by atoms with E-state index >= 15 is 0 Å². The molecule has 102 valence electrons. The minimum absolute atomic E-state index is 0.628. The molecule has 0 amide bonds. The average molecular weight is 240 g/mol. The smallest absolute Gasteiger partial charge is 0.0220 e. The van der Waals surface area contributed by atoms with Crippen LogP contribution >= 0.6 is 0 Å². The van der Waals surface area contributed by atoms with Gasteiger partial charge >= 0.3 is 0 Å². The number of likely N-dealkylation sites (N-methyl/N-ethyl adjacent to an activating group) is 1. The standard InChI is InChI=1S/C15H32N2/c1-11(2)15(10-17(5)6)16-14-9-7-8-12(3)13(14)4/h11-16H,7-10H2,1-6H3. The maximum atomic E-state index is 3.93. The monoisotopic (exact) mass is 240 g/mol. The topological polar surface area (TPSA) is 15.3 Å². The molecular formula is C15H32N2. The second-order valence-corrected chi connectivity index (χ2v) is 6.65. The first kappa shape index (κ1) is 15.0. The van der Waals surface area contributed by atoms with E-state index in [1.807, 2.05) is 0 Å². The highest BCUT2D eigenvalue weighted by Gasteiger charge is 2.29. The molecule has 0 aromatic heterocycles. The molecule has 1 N–H and O–H groups in total. The Kier molecular flexibility index (Phi) is 5.94. The summed E-state index contributed by atoms with van der Waals surface area (Å²) >= 11 is 0. The summed E-state index contributed by atoms with van der Waals surface area (Å²) in [7, 11) is 4.34. The molecular weight excluding hydrogens is 208 g/mol. The first-order valence-corrected chi connectivity index (χ1v) is 7.32. The van der Waals surface area contributed by atoms with Gasteiger partial charge in [0.15, 0.2) is 0 Å². The zero-order valence-electron chi connectivity index (χ0n) is 12.7. The summed E-state index contributed by atoms with van der Waals surface area (Å²) in [5.74, 6) is 2.42. The minimum atomic E-state index is 0.628. The van der Waals surface area contributed by atoms with E-state index in [0.29, 0.717) is 12.0 Å². The molecule has 0 saturated heterocycles. The van der Waals surface area contributed by atoms with Crippen LogP contribution in [0.4, 0.5) is 0 Å². The maximum Gasteiger partial charge on any atom is 0.0220 e. The van der Waals surface area contributed by atoms with Crippen molar-refractivity contribution in [1.82, 2.24) is 10.2 Å². The Morgan fingerprint density at radius 1 is 1.18 bits per heavy atom. The molecule has 0 aliphatic heterocycles. The molecule has 0 aromatic carbocycles. The third-order valence-corrected chi connectivity index (χ3v) is 4.50. The molecule has 2 nitrogen and oxygen atoms in total. The molecule has 0 heterocycles. The predicted molar refractivity (Wildman–Crippen MR) is 76.3 cm³/mol. The lowest BCUT2D eigenvalue weighted by Gasteiger charge is -2.39. The summed E-state index contributed by atoms with van der Waals surface area (Å²) in [4.78, 5) is 2.30. The molecule has 2 heteroatoms. The van der Waals surface area contributed by atoms with E-state index < -0.39 is 0 Å². The summed E-state index contributed by atoms with van der Waals surface area (Å²) in [6.07, 6.45) is 4.18. The molecule has 4 unspecified atom stereocenters. The largest absolute Gasteiger partial charge is 0.309 e. The zero-order chi connectivity index (χ0) is 13.0. The molecule has 0 spiro atoms. The average Bonchev–Trinajstić information content (AvgIpc) is 2.22. The van der Waals surface area contributed by atoms with E-state index in [4.69, 9.17) is 0 Å². The normalized spacial score (nSPS) is 32.1. The molecule has 1 saturated carbocycles. The molecule has 0 bridgehead atoms. The van der Waals surface area contributed by atoms with Crippen LogP contribution in [0, 0.1) is 17.8 Å². The molecule has 0 radical (unpaired) electrons. The summed E-state index contributed by atoms with van der Waals surface area (Å²) < 4.78 is 0. The van der Waals surface area contributed by atoms with Gasteiger partial charge in [0.1, 0.15) is 0 Å². The van der Waals surface area contributed by atoms with Gasteiger partial charge in [-0.2, -0.15) is 0 Å². The van der Waals surface area contributed by atoms with Crippen LogP contribution in [0.25, 0.3) is 0 Å². The highest BCUT2D eigenvalue weighted by molar-refractivity contribution is 4.86. The van der Waals surface area contributed by atoms with Gasteiger partial charge in [-0.05, 0) is 38.3 Å². The van der Waals surface area contributed by atoms with E-state index in [1.54, 1.807) is 0 Å². The summed E-state index contributed by atoms with van der Waals surface area (Å²) in [5.41, 5.74) is 0. The van der Waals surface area contributed by atoms with Gasteiger partial charge in [0.05, 0.1) is 0 Å². The summed E-state index contributed by atoms with van der Waals surface area (Å²) in [5, 5.41) is 3.93. The Balaban J connectivity index is 2.53. The van der Waals surface area contributed by atoms with Crippen LogP contribution in [0.5, 0.6) is 0 Å². The summed E-state index contributed by atoms with van der Waals surface area (Å²) in [6, 6.07) is 1.36. The Labute approximate surface area is 108 Å². The lowest BCUT2D eigenvalue weighted by molar-refractivity contribution is 0.169. The fourth-order valence-electron chi connectivity index (χ4n) is 2.94. The molecule has 4 atom stereocenters. The van der Waals surface area contributed by atoms with Crippen LogP contribution in [0.2, 0.25) is 0 Å². The first-order valence-electron chi connectivity index (χ1n) is 7.32. The fraction of sp³-hybridized carbons (Fsp3) is 1.00. The van der Waals surface area contributed by atoms with Gasteiger partial charge in [-0.3, -0.25) is 0 Å². The van der Waals surface area contributed by atoms with E-state index in [0.717, 1.165) is 24.4 Å². The van der Waals surface area contributed by atoms with Gasteiger partial charge in [0, 0.05) is 18.6 Å². The Bertz CT molecular complexity index is 213. The van der Waals surface area contributed by atoms with Crippen molar-refractivity contribution >= 4 is 0 Å². The van der Waals surface area contributed by atoms with Crippen molar-refractivity contribution in [2.45, 2.75) is 59.0 Å². The highest BCUT2D eigenvalue weighted by atomic mass is 15.1. The molecule has 1 aliphatic rings. The van der Waals surface area contributed by atoms with Crippen LogP contribution < -0.4 is 5.32 Å². The van der Waals surface area contributed by atoms with Crippen LogP contribution in [0.3, 0.4) is 0 Å². The van der Waals surface area contributed by atoms with E-state index in [9.17, 15) is 0 Å². The molecule has 0 aromatic rings. The third kappa shape index (κ3) is 4.59. The molecule has 17 heavy (non-hydrogen) atoms. The SMILES string of the molecule is CC(C)C(CN(C)C)NC1CCCC(C)C1C. The zero-order valence-corrected chi connectivity index (χ0v) is 12.7. The molecule has 1 fully saturated rings. The van der Waals surface area contributed by atoms with Crippen LogP contribution in [0.1, 0.15) is 47.0 Å². The van der Waals surface area contributed by atoms with Crippen molar-refractivity contribution < 1.29 is 0 Å². The second-order valence-electron chi connectivity index (χ2n) is 6.65. The minimum Gasteiger partial charge on any atom is -0.309 e. The molecule has 1 rings (SSSR count). The number of hydrogen-bond donors (Lipinski definition) is 1. The highest BCUT2D eigenvalue weighted by Crippen LogP contribution is 2.30.